The van der Waals surface area contributed by atoms with Crippen molar-refractivity contribution in [2.75, 3.05) is 25.9 Å². The minimum absolute atomic E-state index is 0.154. The summed E-state index contributed by atoms with van der Waals surface area (Å²) in [7, 11) is 1.72. The van der Waals surface area contributed by atoms with Crippen molar-refractivity contribution in [1.29, 1.82) is 0 Å². The molecule has 0 saturated carbocycles. The van der Waals surface area contributed by atoms with E-state index >= 15 is 0 Å². The summed E-state index contributed by atoms with van der Waals surface area (Å²) < 4.78 is 0. The van der Waals surface area contributed by atoms with Crippen LogP contribution in [0.5, 0.6) is 0 Å². The number of amides is 1. The molecular weight excluding hydrogens is 208 g/mol. The molecule has 6 heteroatoms. The zero-order chi connectivity index (χ0) is 12.0. The van der Waals surface area contributed by atoms with Gasteiger partial charge in [0.05, 0.1) is 11.9 Å². The van der Waals surface area contributed by atoms with Crippen LogP contribution in [0.2, 0.25) is 0 Å². The highest BCUT2D eigenvalue weighted by Crippen LogP contribution is 2.09. The molecule has 1 aromatic heterocycles. The number of nitrogens with zero attached hydrogens (tertiary/aromatic N) is 2. The first-order valence-corrected chi connectivity index (χ1v) is 5.32. The predicted molar refractivity (Wildman–Crippen MR) is 60.9 cm³/mol. The Hall–Kier alpha value is -1.56. The number of aromatic nitrogens is 2. The van der Waals surface area contributed by atoms with Crippen molar-refractivity contribution in [2.45, 2.75) is 19.3 Å². The SMILES string of the molecule is CN(CCCCCO)C(=O)c1[nH]ncc1N. The summed E-state index contributed by atoms with van der Waals surface area (Å²) >= 11 is 0. The Bertz CT molecular complexity index is 337. The minimum Gasteiger partial charge on any atom is -0.396 e. The van der Waals surface area contributed by atoms with Gasteiger partial charge in [-0.15, -0.1) is 0 Å². The number of H-pyrrole nitrogens is 1. The van der Waals surface area contributed by atoms with Crippen molar-refractivity contribution >= 4 is 11.6 Å². The third kappa shape index (κ3) is 3.23. The standard InChI is InChI=1S/C10H18N4O2/c1-14(5-3-2-4-6-15)10(16)9-8(11)7-12-13-9/h7,15H,2-6,11H2,1H3,(H,12,13). The van der Waals surface area contributed by atoms with E-state index < -0.39 is 0 Å². The molecule has 90 valence electrons. The second kappa shape index (κ2) is 6.12. The largest absolute Gasteiger partial charge is 0.396 e. The molecule has 0 aliphatic heterocycles. The highest BCUT2D eigenvalue weighted by Gasteiger charge is 2.15. The van der Waals surface area contributed by atoms with Crippen molar-refractivity contribution < 1.29 is 9.90 Å². The zero-order valence-electron chi connectivity index (χ0n) is 9.44. The maximum absolute atomic E-state index is 11.8. The maximum Gasteiger partial charge on any atom is 0.273 e. The molecular formula is C10H18N4O2. The average molecular weight is 226 g/mol. The molecule has 0 radical (unpaired) electrons. The summed E-state index contributed by atoms with van der Waals surface area (Å²) in [5.41, 5.74) is 6.29. The van der Waals surface area contributed by atoms with Crippen LogP contribution in [0.15, 0.2) is 6.20 Å². The fourth-order valence-electron chi connectivity index (χ4n) is 1.40. The Morgan fingerprint density at radius 3 is 2.88 bits per heavy atom. The van der Waals surface area contributed by atoms with Crippen LogP contribution in [0.1, 0.15) is 29.8 Å². The molecule has 0 unspecified atom stereocenters. The van der Waals surface area contributed by atoms with Crippen molar-refractivity contribution in [1.82, 2.24) is 15.1 Å². The van der Waals surface area contributed by atoms with Gasteiger partial charge in [0.15, 0.2) is 0 Å². The van der Waals surface area contributed by atoms with Gasteiger partial charge in [0.2, 0.25) is 0 Å². The fourth-order valence-corrected chi connectivity index (χ4v) is 1.40. The normalized spacial score (nSPS) is 10.4. The number of unbranched alkanes of at least 4 members (excludes halogenated alkanes) is 2. The van der Waals surface area contributed by atoms with E-state index in [-0.39, 0.29) is 12.5 Å². The summed E-state index contributed by atoms with van der Waals surface area (Å²) in [6.45, 7) is 0.850. The van der Waals surface area contributed by atoms with Gasteiger partial charge in [-0.2, -0.15) is 5.10 Å². The molecule has 0 spiro atoms. The summed E-state index contributed by atoms with van der Waals surface area (Å²) in [5.74, 6) is -0.154. The highest BCUT2D eigenvalue weighted by molar-refractivity contribution is 5.96. The number of aliphatic hydroxyl groups excluding tert-OH is 1. The van der Waals surface area contributed by atoms with Gasteiger partial charge < -0.3 is 15.7 Å². The van der Waals surface area contributed by atoms with Gasteiger partial charge in [-0.3, -0.25) is 9.89 Å². The lowest BCUT2D eigenvalue weighted by Crippen LogP contribution is -2.28. The quantitative estimate of drug-likeness (QED) is 0.605. The first-order valence-electron chi connectivity index (χ1n) is 5.32. The molecule has 1 aromatic rings. The molecule has 0 aromatic carbocycles. The molecule has 0 bridgehead atoms. The first-order chi connectivity index (χ1) is 7.66. The van der Waals surface area contributed by atoms with Crippen LogP contribution < -0.4 is 5.73 Å². The fraction of sp³-hybridized carbons (Fsp3) is 0.600. The van der Waals surface area contributed by atoms with Gasteiger partial charge in [-0.05, 0) is 19.3 Å². The van der Waals surface area contributed by atoms with Crippen molar-refractivity contribution in [2.24, 2.45) is 0 Å². The predicted octanol–water partition coefficient (Wildman–Crippen LogP) is 0.226. The molecule has 16 heavy (non-hydrogen) atoms. The van der Waals surface area contributed by atoms with E-state index in [0.717, 1.165) is 19.3 Å². The van der Waals surface area contributed by atoms with Crippen LogP contribution in [-0.2, 0) is 0 Å². The number of nitrogens with two attached hydrogens (primary N) is 1. The average Bonchev–Trinajstić information content (AvgIpc) is 2.69. The highest BCUT2D eigenvalue weighted by atomic mass is 16.2. The van der Waals surface area contributed by atoms with E-state index in [1.54, 1.807) is 11.9 Å². The molecule has 1 amide bonds. The molecule has 0 atom stereocenters. The summed E-state index contributed by atoms with van der Waals surface area (Å²) in [6, 6.07) is 0. The number of carbonyl (C=O) groups excluding carboxylic acids is 1. The first kappa shape index (κ1) is 12.5. The molecule has 0 aliphatic rings. The Labute approximate surface area is 94.4 Å². The summed E-state index contributed by atoms with van der Waals surface area (Å²) in [4.78, 5) is 13.4. The van der Waals surface area contributed by atoms with Crippen LogP contribution in [0, 0.1) is 0 Å². The lowest BCUT2D eigenvalue weighted by molar-refractivity contribution is 0.0787. The third-order valence-corrected chi connectivity index (χ3v) is 2.38. The van der Waals surface area contributed by atoms with Gasteiger partial charge >= 0.3 is 0 Å². The van der Waals surface area contributed by atoms with Gasteiger partial charge in [0.1, 0.15) is 5.69 Å². The third-order valence-electron chi connectivity index (χ3n) is 2.38. The number of nitrogens with one attached hydrogen (secondary N) is 1. The van der Waals surface area contributed by atoms with E-state index in [9.17, 15) is 4.79 Å². The van der Waals surface area contributed by atoms with Crippen LogP contribution in [0.4, 0.5) is 5.69 Å². The molecule has 4 N–H and O–H groups in total. The molecule has 0 aliphatic carbocycles. The number of carbonyl (C=O) groups is 1. The van der Waals surface area contributed by atoms with Crippen molar-refractivity contribution in [3.8, 4) is 0 Å². The summed E-state index contributed by atoms with van der Waals surface area (Å²) in [5, 5.41) is 14.9. The minimum atomic E-state index is -0.154. The number of aromatic amines is 1. The van der Waals surface area contributed by atoms with Crippen LogP contribution >= 0.6 is 0 Å². The Morgan fingerprint density at radius 2 is 2.31 bits per heavy atom. The topological polar surface area (TPSA) is 95.2 Å². The summed E-state index contributed by atoms with van der Waals surface area (Å²) in [6.07, 6.45) is 3.98. The number of anilines is 1. The van der Waals surface area contributed by atoms with Crippen LogP contribution in [0.3, 0.4) is 0 Å². The monoisotopic (exact) mass is 226 g/mol. The van der Waals surface area contributed by atoms with E-state index in [1.807, 2.05) is 0 Å². The van der Waals surface area contributed by atoms with Crippen molar-refractivity contribution in [3.63, 3.8) is 0 Å². The lowest BCUT2D eigenvalue weighted by atomic mass is 10.2. The smallest absolute Gasteiger partial charge is 0.273 e. The number of aliphatic hydroxyl groups is 1. The molecule has 0 fully saturated rings. The molecule has 0 saturated heterocycles. The number of rotatable bonds is 6. The van der Waals surface area contributed by atoms with Gasteiger partial charge in [-0.1, -0.05) is 0 Å². The Kier molecular flexibility index (Phi) is 4.78. The number of hydrogen-bond donors (Lipinski definition) is 3. The molecule has 1 rings (SSSR count). The Balaban J connectivity index is 2.40. The van der Waals surface area contributed by atoms with Crippen LogP contribution in [0.25, 0.3) is 0 Å². The second-order valence-electron chi connectivity index (χ2n) is 3.71. The van der Waals surface area contributed by atoms with E-state index in [4.69, 9.17) is 10.8 Å². The number of nitrogen functional groups attached to an aromatic ring is 1. The van der Waals surface area contributed by atoms with Gasteiger partial charge in [0.25, 0.3) is 5.91 Å². The zero-order valence-corrected chi connectivity index (χ0v) is 9.44. The number of hydrogen-bond acceptors (Lipinski definition) is 4. The second-order valence-corrected chi connectivity index (χ2v) is 3.71. The lowest BCUT2D eigenvalue weighted by Gasteiger charge is -2.16. The Morgan fingerprint density at radius 1 is 1.56 bits per heavy atom. The van der Waals surface area contributed by atoms with Gasteiger partial charge in [0, 0.05) is 20.2 Å². The van der Waals surface area contributed by atoms with Crippen LogP contribution in [-0.4, -0.2) is 46.3 Å². The van der Waals surface area contributed by atoms with Crippen molar-refractivity contribution in [3.05, 3.63) is 11.9 Å². The van der Waals surface area contributed by atoms with E-state index in [1.165, 1.54) is 6.20 Å². The van der Waals surface area contributed by atoms with E-state index in [0.29, 0.717) is 17.9 Å². The maximum atomic E-state index is 11.8. The molecule has 1 heterocycles. The molecule has 6 nitrogen and oxygen atoms in total. The van der Waals surface area contributed by atoms with E-state index in [2.05, 4.69) is 10.2 Å². The van der Waals surface area contributed by atoms with Gasteiger partial charge in [-0.25, -0.2) is 0 Å².